The first-order valence-corrected chi connectivity index (χ1v) is 8.60. The molecule has 0 fully saturated rings. The molecular formula is C17H20F3N3OS. The van der Waals surface area contributed by atoms with E-state index in [2.05, 4.69) is 21.7 Å². The molecule has 0 aliphatic carbocycles. The fourth-order valence-electron chi connectivity index (χ4n) is 2.11. The molecule has 0 radical (unpaired) electrons. The highest BCUT2D eigenvalue weighted by atomic mass is 32.1. The molecule has 136 valence electrons. The molecule has 0 atom stereocenters. The molecule has 1 aromatic heterocycles. The zero-order valence-electron chi connectivity index (χ0n) is 13.8. The zero-order valence-corrected chi connectivity index (χ0v) is 14.6. The van der Waals surface area contributed by atoms with Crippen LogP contribution in [-0.4, -0.2) is 32.3 Å². The highest BCUT2D eigenvalue weighted by molar-refractivity contribution is 7.09. The highest BCUT2D eigenvalue weighted by Gasteiger charge is 2.28. The summed E-state index contributed by atoms with van der Waals surface area (Å²) >= 11 is 1.69. The van der Waals surface area contributed by atoms with Crippen molar-refractivity contribution in [2.24, 2.45) is 4.99 Å². The Hall–Kier alpha value is -2.22. The van der Waals surface area contributed by atoms with Crippen LogP contribution in [0.2, 0.25) is 0 Å². The zero-order chi connectivity index (χ0) is 18.1. The Morgan fingerprint density at radius 3 is 2.64 bits per heavy atom. The first-order valence-electron chi connectivity index (χ1n) is 7.72. The lowest BCUT2D eigenvalue weighted by Crippen LogP contribution is -2.37. The van der Waals surface area contributed by atoms with Gasteiger partial charge in [-0.3, -0.25) is 4.99 Å². The predicted molar refractivity (Wildman–Crippen MR) is 94.2 cm³/mol. The average Bonchev–Trinajstić information content (AvgIpc) is 3.09. The minimum absolute atomic E-state index is 0.210. The second kappa shape index (κ2) is 9.31. The Bertz CT molecular complexity index is 672. The fraction of sp³-hybridized carbons (Fsp3) is 0.353. The number of nitrogens with zero attached hydrogens (tertiary/aromatic N) is 1. The Labute approximate surface area is 148 Å². The van der Waals surface area contributed by atoms with E-state index in [0.717, 1.165) is 6.42 Å². The molecule has 2 rings (SSSR count). The molecule has 0 aliphatic heterocycles. The van der Waals surface area contributed by atoms with Gasteiger partial charge in [-0.05, 0) is 23.9 Å². The molecule has 4 nitrogen and oxygen atoms in total. The van der Waals surface area contributed by atoms with Crippen LogP contribution < -0.4 is 15.4 Å². The Kier molecular flexibility index (Phi) is 7.12. The molecule has 0 amide bonds. The third-order valence-electron chi connectivity index (χ3n) is 3.28. The fourth-order valence-corrected chi connectivity index (χ4v) is 2.82. The molecule has 1 heterocycles. The van der Waals surface area contributed by atoms with E-state index < -0.39 is 12.8 Å². The van der Waals surface area contributed by atoms with Crippen molar-refractivity contribution in [2.45, 2.75) is 19.1 Å². The van der Waals surface area contributed by atoms with Crippen LogP contribution in [0, 0.1) is 0 Å². The maximum absolute atomic E-state index is 12.3. The van der Waals surface area contributed by atoms with Crippen LogP contribution in [0.25, 0.3) is 0 Å². The first-order chi connectivity index (χ1) is 12.0. The number of hydrogen-bond acceptors (Lipinski definition) is 3. The molecule has 2 N–H and O–H groups in total. The summed E-state index contributed by atoms with van der Waals surface area (Å²) in [7, 11) is 1.65. The lowest BCUT2D eigenvalue weighted by Gasteiger charge is -2.15. The Morgan fingerprint density at radius 2 is 1.96 bits per heavy atom. The van der Waals surface area contributed by atoms with Crippen LogP contribution >= 0.6 is 11.3 Å². The number of hydrogen-bond donors (Lipinski definition) is 2. The van der Waals surface area contributed by atoms with Gasteiger partial charge < -0.3 is 15.4 Å². The van der Waals surface area contributed by atoms with Crippen molar-refractivity contribution < 1.29 is 17.9 Å². The summed E-state index contributed by atoms with van der Waals surface area (Å²) in [5.41, 5.74) is 0.632. The molecule has 8 heteroatoms. The number of para-hydroxylation sites is 1. The first kappa shape index (κ1) is 19.1. The number of aliphatic imine (C=N–C) groups is 1. The normalized spacial score (nSPS) is 12.1. The third kappa shape index (κ3) is 7.04. The van der Waals surface area contributed by atoms with Crippen molar-refractivity contribution in [3.63, 3.8) is 0 Å². The van der Waals surface area contributed by atoms with Crippen molar-refractivity contribution in [1.29, 1.82) is 0 Å². The smallest absolute Gasteiger partial charge is 0.422 e. The second-order valence-electron chi connectivity index (χ2n) is 5.19. The van der Waals surface area contributed by atoms with Crippen molar-refractivity contribution >= 4 is 17.3 Å². The minimum Gasteiger partial charge on any atom is -0.484 e. The van der Waals surface area contributed by atoms with Gasteiger partial charge in [0.05, 0.1) is 0 Å². The molecule has 0 bridgehead atoms. The maximum atomic E-state index is 12.3. The van der Waals surface area contributed by atoms with Gasteiger partial charge in [0.15, 0.2) is 12.6 Å². The predicted octanol–water partition coefficient (Wildman–Crippen LogP) is 3.60. The number of rotatable bonds is 7. The lowest BCUT2D eigenvalue weighted by atomic mass is 10.2. The third-order valence-corrected chi connectivity index (χ3v) is 4.21. The van der Waals surface area contributed by atoms with E-state index in [1.807, 2.05) is 11.4 Å². The summed E-state index contributed by atoms with van der Waals surface area (Å²) in [5.74, 6) is 0.795. The van der Waals surface area contributed by atoms with Gasteiger partial charge in [0, 0.05) is 30.6 Å². The summed E-state index contributed by atoms with van der Waals surface area (Å²) < 4.78 is 41.9. The van der Waals surface area contributed by atoms with Gasteiger partial charge in [-0.2, -0.15) is 13.2 Å². The summed E-state index contributed by atoms with van der Waals surface area (Å²) in [6, 6.07) is 10.7. The van der Waals surface area contributed by atoms with Crippen LogP contribution in [0.4, 0.5) is 13.2 Å². The topological polar surface area (TPSA) is 45.7 Å². The van der Waals surface area contributed by atoms with Crippen LogP contribution in [0.3, 0.4) is 0 Å². The summed E-state index contributed by atoms with van der Waals surface area (Å²) in [6.45, 7) is -0.281. The lowest BCUT2D eigenvalue weighted by molar-refractivity contribution is -0.153. The summed E-state index contributed by atoms with van der Waals surface area (Å²) in [6.07, 6.45) is -3.48. The quantitative estimate of drug-likeness (QED) is 0.577. The van der Waals surface area contributed by atoms with Gasteiger partial charge in [-0.15, -0.1) is 11.3 Å². The van der Waals surface area contributed by atoms with Gasteiger partial charge in [0.2, 0.25) is 0 Å². The van der Waals surface area contributed by atoms with Crippen molar-refractivity contribution in [3.8, 4) is 5.75 Å². The number of alkyl halides is 3. The van der Waals surface area contributed by atoms with Gasteiger partial charge in [-0.1, -0.05) is 24.3 Å². The van der Waals surface area contributed by atoms with Crippen LogP contribution in [0.5, 0.6) is 5.75 Å². The second-order valence-corrected chi connectivity index (χ2v) is 6.23. The number of halogens is 3. The van der Waals surface area contributed by atoms with Crippen LogP contribution in [-0.2, 0) is 13.0 Å². The SMILES string of the molecule is CN=C(NCCc1cccs1)NCc1ccccc1OCC(F)(F)F. The molecule has 0 unspecified atom stereocenters. The van der Waals surface area contributed by atoms with E-state index in [9.17, 15) is 13.2 Å². The van der Waals surface area contributed by atoms with E-state index in [4.69, 9.17) is 4.74 Å². The summed E-state index contributed by atoms with van der Waals surface area (Å²) in [5, 5.41) is 8.29. The number of guanidine groups is 1. The number of nitrogens with one attached hydrogen (secondary N) is 2. The van der Waals surface area contributed by atoms with E-state index in [-0.39, 0.29) is 5.75 Å². The van der Waals surface area contributed by atoms with E-state index >= 15 is 0 Å². The monoisotopic (exact) mass is 371 g/mol. The Balaban J connectivity index is 1.84. The van der Waals surface area contributed by atoms with Gasteiger partial charge in [0.25, 0.3) is 0 Å². The molecule has 0 saturated heterocycles. The van der Waals surface area contributed by atoms with Crippen molar-refractivity contribution in [2.75, 3.05) is 20.2 Å². The van der Waals surface area contributed by atoms with Gasteiger partial charge >= 0.3 is 6.18 Å². The summed E-state index contributed by atoms with van der Waals surface area (Å²) in [4.78, 5) is 5.39. The van der Waals surface area contributed by atoms with Crippen molar-refractivity contribution in [1.82, 2.24) is 10.6 Å². The van der Waals surface area contributed by atoms with Gasteiger partial charge in [-0.25, -0.2) is 0 Å². The number of thiophene rings is 1. The van der Waals surface area contributed by atoms with E-state index in [0.29, 0.717) is 24.6 Å². The average molecular weight is 371 g/mol. The largest absolute Gasteiger partial charge is 0.484 e. The van der Waals surface area contributed by atoms with Gasteiger partial charge in [0.1, 0.15) is 5.75 Å². The highest BCUT2D eigenvalue weighted by Crippen LogP contribution is 2.22. The molecule has 0 aliphatic rings. The molecular weight excluding hydrogens is 351 g/mol. The van der Waals surface area contributed by atoms with E-state index in [1.54, 1.807) is 36.6 Å². The number of benzene rings is 1. The maximum Gasteiger partial charge on any atom is 0.422 e. The van der Waals surface area contributed by atoms with E-state index in [1.165, 1.54) is 10.9 Å². The molecule has 1 aromatic carbocycles. The molecule has 2 aromatic rings. The van der Waals surface area contributed by atoms with Crippen LogP contribution in [0.15, 0.2) is 46.8 Å². The standard InChI is InChI=1S/C17H20F3N3OS/c1-21-16(22-9-8-14-6-4-10-25-14)23-11-13-5-2-3-7-15(13)24-12-17(18,19)20/h2-7,10H,8-9,11-12H2,1H3,(H2,21,22,23). The number of ether oxygens (including phenoxy) is 1. The minimum atomic E-state index is -4.36. The molecule has 0 saturated carbocycles. The molecule has 25 heavy (non-hydrogen) atoms. The van der Waals surface area contributed by atoms with Crippen molar-refractivity contribution in [3.05, 3.63) is 52.2 Å². The molecule has 0 spiro atoms. The Morgan fingerprint density at radius 1 is 1.16 bits per heavy atom. The van der Waals surface area contributed by atoms with Crippen LogP contribution in [0.1, 0.15) is 10.4 Å².